The van der Waals surface area contributed by atoms with E-state index in [-0.39, 0.29) is 17.9 Å². The van der Waals surface area contributed by atoms with E-state index in [1.807, 2.05) is 37.4 Å². The standard InChI is InChI=1S/C16H23N5O2/c1-9(14-10(2)18-20(5)11(14)3)16(22)21-8-6-7-13(21)15-17-12(4)23-19-15/h9,13H,6-8H2,1-5H3/t9-,13+/m1/s1. The highest BCUT2D eigenvalue weighted by Crippen LogP contribution is 2.34. The lowest BCUT2D eigenvalue weighted by Crippen LogP contribution is -2.34. The van der Waals surface area contributed by atoms with Crippen LogP contribution in [0, 0.1) is 20.8 Å². The van der Waals surface area contributed by atoms with Crippen LogP contribution >= 0.6 is 0 Å². The van der Waals surface area contributed by atoms with Crippen molar-refractivity contribution in [1.29, 1.82) is 0 Å². The number of hydrogen-bond donors (Lipinski definition) is 0. The van der Waals surface area contributed by atoms with Crippen molar-refractivity contribution in [1.82, 2.24) is 24.8 Å². The molecular weight excluding hydrogens is 294 g/mol. The van der Waals surface area contributed by atoms with Gasteiger partial charge in [0, 0.05) is 31.8 Å². The summed E-state index contributed by atoms with van der Waals surface area (Å²) >= 11 is 0. The quantitative estimate of drug-likeness (QED) is 0.867. The summed E-state index contributed by atoms with van der Waals surface area (Å²) < 4.78 is 6.91. The van der Waals surface area contributed by atoms with Gasteiger partial charge in [-0.3, -0.25) is 9.48 Å². The van der Waals surface area contributed by atoms with Gasteiger partial charge in [-0.25, -0.2) is 0 Å². The second-order valence-corrected chi connectivity index (χ2v) is 6.29. The van der Waals surface area contributed by atoms with Crippen molar-refractivity contribution in [2.45, 2.75) is 52.5 Å². The third-order valence-electron chi connectivity index (χ3n) is 4.75. The molecule has 2 atom stereocenters. The van der Waals surface area contributed by atoms with Crippen LogP contribution in [0.4, 0.5) is 0 Å². The molecule has 2 aromatic heterocycles. The van der Waals surface area contributed by atoms with Gasteiger partial charge in [-0.15, -0.1) is 0 Å². The molecule has 3 rings (SSSR count). The Morgan fingerprint density at radius 1 is 1.35 bits per heavy atom. The number of amides is 1. The lowest BCUT2D eigenvalue weighted by Gasteiger charge is -2.26. The fourth-order valence-electron chi connectivity index (χ4n) is 3.54. The van der Waals surface area contributed by atoms with E-state index < -0.39 is 0 Å². The molecule has 7 nitrogen and oxygen atoms in total. The molecule has 1 saturated heterocycles. The Kier molecular flexibility index (Phi) is 3.95. The van der Waals surface area contributed by atoms with Crippen molar-refractivity contribution in [3.63, 3.8) is 0 Å². The maximum Gasteiger partial charge on any atom is 0.230 e. The second-order valence-electron chi connectivity index (χ2n) is 6.29. The molecule has 0 unspecified atom stereocenters. The van der Waals surface area contributed by atoms with Crippen LogP contribution in [0.5, 0.6) is 0 Å². The van der Waals surface area contributed by atoms with Gasteiger partial charge in [0.1, 0.15) is 0 Å². The summed E-state index contributed by atoms with van der Waals surface area (Å²) in [4.78, 5) is 19.3. The zero-order valence-electron chi connectivity index (χ0n) is 14.3. The zero-order valence-corrected chi connectivity index (χ0v) is 14.3. The van der Waals surface area contributed by atoms with Crippen LogP contribution in [-0.2, 0) is 11.8 Å². The molecule has 0 spiro atoms. The van der Waals surface area contributed by atoms with Gasteiger partial charge in [0.2, 0.25) is 11.8 Å². The molecular formula is C16H23N5O2. The average molecular weight is 317 g/mol. The van der Waals surface area contributed by atoms with E-state index >= 15 is 0 Å². The molecule has 0 N–H and O–H groups in total. The molecule has 23 heavy (non-hydrogen) atoms. The van der Waals surface area contributed by atoms with Crippen LogP contribution in [0.3, 0.4) is 0 Å². The number of carbonyl (C=O) groups excluding carboxylic acids is 1. The number of aromatic nitrogens is 4. The number of hydrogen-bond acceptors (Lipinski definition) is 5. The Morgan fingerprint density at radius 3 is 2.65 bits per heavy atom. The van der Waals surface area contributed by atoms with Crippen LogP contribution in [-0.4, -0.2) is 37.3 Å². The predicted octanol–water partition coefficient (Wildman–Crippen LogP) is 2.20. The molecule has 0 bridgehead atoms. The Labute approximate surface area is 135 Å². The summed E-state index contributed by atoms with van der Waals surface area (Å²) in [5, 5.41) is 8.43. The fourth-order valence-corrected chi connectivity index (χ4v) is 3.54. The highest BCUT2D eigenvalue weighted by molar-refractivity contribution is 5.84. The van der Waals surface area contributed by atoms with Gasteiger partial charge in [0.05, 0.1) is 17.7 Å². The first-order valence-electron chi connectivity index (χ1n) is 8.01. The molecule has 0 radical (unpaired) electrons. The van der Waals surface area contributed by atoms with E-state index in [0.717, 1.165) is 36.3 Å². The first kappa shape index (κ1) is 15.7. The van der Waals surface area contributed by atoms with Crippen LogP contribution < -0.4 is 0 Å². The molecule has 0 saturated carbocycles. The number of likely N-dealkylation sites (tertiary alicyclic amines) is 1. The molecule has 0 aromatic carbocycles. The second kappa shape index (κ2) is 5.79. The molecule has 1 fully saturated rings. The zero-order chi connectivity index (χ0) is 16.7. The third kappa shape index (κ3) is 2.64. The number of rotatable bonds is 3. The van der Waals surface area contributed by atoms with Gasteiger partial charge in [-0.2, -0.15) is 10.1 Å². The highest BCUT2D eigenvalue weighted by atomic mass is 16.5. The Balaban J connectivity index is 1.86. The SMILES string of the molecule is Cc1nc([C@@H]2CCCN2C(=O)[C@H](C)c2c(C)nn(C)c2C)no1. The predicted molar refractivity (Wildman–Crippen MR) is 83.8 cm³/mol. The van der Waals surface area contributed by atoms with Crippen molar-refractivity contribution < 1.29 is 9.32 Å². The summed E-state index contributed by atoms with van der Waals surface area (Å²) in [5.41, 5.74) is 2.97. The lowest BCUT2D eigenvalue weighted by molar-refractivity contribution is -0.133. The summed E-state index contributed by atoms with van der Waals surface area (Å²) in [7, 11) is 1.91. The van der Waals surface area contributed by atoms with Gasteiger partial charge in [0.15, 0.2) is 5.82 Å². The van der Waals surface area contributed by atoms with Gasteiger partial charge < -0.3 is 9.42 Å². The van der Waals surface area contributed by atoms with E-state index in [1.165, 1.54) is 0 Å². The molecule has 1 amide bonds. The van der Waals surface area contributed by atoms with Crippen LogP contribution in [0.15, 0.2) is 4.52 Å². The molecule has 2 aromatic rings. The van der Waals surface area contributed by atoms with Crippen molar-refractivity contribution in [3.05, 3.63) is 28.7 Å². The van der Waals surface area contributed by atoms with E-state index in [0.29, 0.717) is 11.7 Å². The minimum absolute atomic E-state index is 0.0836. The minimum atomic E-state index is -0.225. The van der Waals surface area contributed by atoms with E-state index in [2.05, 4.69) is 15.2 Å². The summed E-state index contributed by atoms with van der Waals surface area (Å²) in [6, 6.07) is -0.0836. The van der Waals surface area contributed by atoms with E-state index in [1.54, 1.807) is 6.92 Å². The normalized spacial score (nSPS) is 19.3. The van der Waals surface area contributed by atoms with Crippen LogP contribution in [0.2, 0.25) is 0 Å². The average Bonchev–Trinajstić information content (AvgIpc) is 3.19. The lowest BCUT2D eigenvalue weighted by atomic mass is 9.97. The number of aryl methyl sites for hydroxylation is 3. The first-order chi connectivity index (χ1) is 10.9. The van der Waals surface area contributed by atoms with Crippen molar-refractivity contribution in [3.8, 4) is 0 Å². The summed E-state index contributed by atoms with van der Waals surface area (Å²) in [5.74, 6) is 1.03. The van der Waals surface area contributed by atoms with Gasteiger partial charge >= 0.3 is 0 Å². The maximum absolute atomic E-state index is 13.1. The van der Waals surface area contributed by atoms with Crippen molar-refractivity contribution in [2.24, 2.45) is 7.05 Å². The van der Waals surface area contributed by atoms with Gasteiger partial charge in [0.25, 0.3) is 0 Å². The van der Waals surface area contributed by atoms with E-state index in [4.69, 9.17) is 4.52 Å². The first-order valence-corrected chi connectivity index (χ1v) is 8.01. The molecule has 0 aliphatic carbocycles. The monoisotopic (exact) mass is 317 g/mol. The Bertz CT molecular complexity index is 733. The highest BCUT2D eigenvalue weighted by Gasteiger charge is 2.36. The smallest absolute Gasteiger partial charge is 0.230 e. The van der Waals surface area contributed by atoms with Gasteiger partial charge in [-0.05, 0) is 33.6 Å². The van der Waals surface area contributed by atoms with Crippen molar-refractivity contribution >= 4 is 5.91 Å². The minimum Gasteiger partial charge on any atom is -0.340 e. The summed E-state index contributed by atoms with van der Waals surface area (Å²) in [6.07, 6.45) is 1.84. The van der Waals surface area contributed by atoms with Crippen LogP contribution in [0.25, 0.3) is 0 Å². The Morgan fingerprint density at radius 2 is 2.09 bits per heavy atom. The molecule has 1 aliphatic rings. The van der Waals surface area contributed by atoms with Crippen molar-refractivity contribution in [2.75, 3.05) is 6.54 Å². The fraction of sp³-hybridized carbons (Fsp3) is 0.625. The third-order valence-corrected chi connectivity index (χ3v) is 4.75. The molecule has 7 heteroatoms. The molecule has 3 heterocycles. The largest absolute Gasteiger partial charge is 0.340 e. The van der Waals surface area contributed by atoms with Crippen LogP contribution in [0.1, 0.15) is 60.4 Å². The number of nitrogens with zero attached hydrogens (tertiary/aromatic N) is 5. The molecule has 124 valence electrons. The van der Waals surface area contributed by atoms with E-state index in [9.17, 15) is 4.79 Å². The van der Waals surface area contributed by atoms with Gasteiger partial charge in [-0.1, -0.05) is 5.16 Å². The maximum atomic E-state index is 13.1. The molecule has 1 aliphatic heterocycles. The topological polar surface area (TPSA) is 77.1 Å². The summed E-state index contributed by atoms with van der Waals surface area (Å²) in [6.45, 7) is 8.41. The Hall–Kier alpha value is -2.18. The number of carbonyl (C=O) groups is 1.